The van der Waals surface area contributed by atoms with Crippen LogP contribution in [-0.4, -0.2) is 44.0 Å². The smallest absolute Gasteiger partial charge is 0.323 e. The van der Waals surface area contributed by atoms with Gasteiger partial charge in [0.1, 0.15) is 24.6 Å². The maximum atomic E-state index is 12.1. The lowest BCUT2D eigenvalue weighted by Crippen LogP contribution is -2.47. The molecule has 0 aliphatic heterocycles. The molecule has 0 bridgehead atoms. The van der Waals surface area contributed by atoms with E-state index in [9.17, 15) is 9.18 Å². The molecule has 0 amide bonds. The second-order valence-electron chi connectivity index (χ2n) is 5.12. The van der Waals surface area contributed by atoms with Gasteiger partial charge in [0, 0.05) is 26.2 Å². The van der Waals surface area contributed by atoms with Crippen molar-refractivity contribution in [1.29, 1.82) is 0 Å². The van der Waals surface area contributed by atoms with Crippen LogP contribution in [0, 0.1) is 0 Å². The molecule has 1 rings (SSSR count). The number of halogens is 1. The predicted molar refractivity (Wildman–Crippen MR) is 76.2 cm³/mol. The SMILES string of the molecule is CN(C)c1ccc(OCCF)cc1CC(C)(N)C(=O)O. The average Bonchev–Trinajstić information content (AvgIpc) is 2.35. The first-order valence-corrected chi connectivity index (χ1v) is 6.29. The zero-order valence-corrected chi connectivity index (χ0v) is 12.0. The molecule has 1 aromatic carbocycles. The van der Waals surface area contributed by atoms with Crippen molar-refractivity contribution in [3.8, 4) is 5.75 Å². The zero-order chi connectivity index (χ0) is 15.3. The molecule has 0 saturated carbocycles. The van der Waals surface area contributed by atoms with Crippen LogP contribution in [0.3, 0.4) is 0 Å². The number of hydrogen-bond donors (Lipinski definition) is 2. The number of carbonyl (C=O) groups is 1. The Bertz CT molecular complexity index is 475. The Balaban J connectivity index is 3.09. The maximum Gasteiger partial charge on any atom is 0.323 e. The molecule has 1 aromatic rings. The second kappa shape index (κ2) is 6.56. The van der Waals surface area contributed by atoms with Crippen LogP contribution < -0.4 is 15.4 Å². The van der Waals surface area contributed by atoms with E-state index >= 15 is 0 Å². The minimum absolute atomic E-state index is 0.0282. The van der Waals surface area contributed by atoms with E-state index in [1.54, 1.807) is 18.2 Å². The summed E-state index contributed by atoms with van der Waals surface area (Å²) < 4.78 is 17.4. The highest BCUT2D eigenvalue weighted by atomic mass is 19.1. The monoisotopic (exact) mass is 284 g/mol. The third kappa shape index (κ3) is 4.09. The molecule has 0 fully saturated rings. The summed E-state index contributed by atoms with van der Waals surface area (Å²) in [4.78, 5) is 13.0. The van der Waals surface area contributed by atoms with Crippen LogP contribution in [-0.2, 0) is 11.2 Å². The van der Waals surface area contributed by atoms with Gasteiger partial charge in [0.2, 0.25) is 0 Å². The number of alkyl halides is 1. The predicted octanol–water partition coefficient (Wildman–Crippen LogP) is 1.45. The summed E-state index contributed by atoms with van der Waals surface area (Å²) >= 11 is 0. The van der Waals surface area contributed by atoms with Gasteiger partial charge in [0.15, 0.2) is 0 Å². The van der Waals surface area contributed by atoms with Crippen LogP contribution in [0.4, 0.5) is 10.1 Å². The van der Waals surface area contributed by atoms with E-state index in [4.69, 9.17) is 15.6 Å². The molecule has 5 nitrogen and oxygen atoms in total. The third-order valence-corrected chi connectivity index (χ3v) is 2.92. The van der Waals surface area contributed by atoms with Gasteiger partial charge in [0.05, 0.1) is 0 Å². The van der Waals surface area contributed by atoms with Crippen LogP contribution in [0.25, 0.3) is 0 Å². The molecule has 0 heterocycles. The molecule has 0 saturated heterocycles. The van der Waals surface area contributed by atoms with Crippen molar-refractivity contribution in [1.82, 2.24) is 0 Å². The summed E-state index contributed by atoms with van der Waals surface area (Å²) in [6, 6.07) is 5.24. The molecule has 112 valence electrons. The van der Waals surface area contributed by atoms with Crippen molar-refractivity contribution in [3.63, 3.8) is 0 Å². The summed E-state index contributed by atoms with van der Waals surface area (Å²) in [6.07, 6.45) is 0.155. The summed E-state index contributed by atoms with van der Waals surface area (Å²) in [5, 5.41) is 9.12. The Labute approximate surface area is 118 Å². The van der Waals surface area contributed by atoms with Gasteiger partial charge in [-0.3, -0.25) is 4.79 Å². The second-order valence-corrected chi connectivity index (χ2v) is 5.12. The fourth-order valence-electron chi connectivity index (χ4n) is 1.86. The summed E-state index contributed by atoms with van der Waals surface area (Å²) in [7, 11) is 3.71. The molecular weight excluding hydrogens is 263 g/mol. The fraction of sp³-hybridized carbons (Fsp3) is 0.500. The number of rotatable bonds is 7. The summed E-state index contributed by atoms with van der Waals surface area (Å²) in [5.74, 6) is -0.568. The van der Waals surface area contributed by atoms with Crippen molar-refractivity contribution in [2.45, 2.75) is 18.9 Å². The van der Waals surface area contributed by atoms with Crippen LogP contribution in [0.5, 0.6) is 5.75 Å². The lowest BCUT2D eigenvalue weighted by atomic mass is 9.92. The molecule has 3 N–H and O–H groups in total. The normalized spacial score (nSPS) is 13.7. The highest BCUT2D eigenvalue weighted by Gasteiger charge is 2.29. The lowest BCUT2D eigenvalue weighted by molar-refractivity contribution is -0.142. The molecule has 1 atom stereocenters. The van der Waals surface area contributed by atoms with Gasteiger partial charge in [-0.25, -0.2) is 4.39 Å². The molecule has 1 unspecified atom stereocenters. The minimum Gasteiger partial charge on any atom is -0.491 e. The first-order chi connectivity index (χ1) is 9.27. The molecule has 0 aliphatic rings. The van der Waals surface area contributed by atoms with Gasteiger partial charge in [0.25, 0.3) is 0 Å². The van der Waals surface area contributed by atoms with Crippen molar-refractivity contribution in [3.05, 3.63) is 23.8 Å². The number of nitrogens with two attached hydrogens (primary N) is 1. The number of carboxylic acid groups (broad SMARTS) is 1. The van der Waals surface area contributed by atoms with Gasteiger partial charge < -0.3 is 20.5 Å². The lowest BCUT2D eigenvalue weighted by Gasteiger charge is -2.24. The van der Waals surface area contributed by atoms with Gasteiger partial charge in [-0.1, -0.05) is 0 Å². The van der Waals surface area contributed by atoms with Crippen molar-refractivity contribution in [2.24, 2.45) is 5.73 Å². The highest BCUT2D eigenvalue weighted by molar-refractivity contribution is 5.79. The Morgan fingerprint density at radius 2 is 2.15 bits per heavy atom. The van der Waals surface area contributed by atoms with Crippen LogP contribution in [0.2, 0.25) is 0 Å². The van der Waals surface area contributed by atoms with E-state index in [1.165, 1.54) is 6.92 Å². The Morgan fingerprint density at radius 3 is 2.65 bits per heavy atom. The van der Waals surface area contributed by atoms with Crippen molar-refractivity contribution < 1.29 is 19.0 Å². The molecule has 0 spiro atoms. The van der Waals surface area contributed by atoms with Crippen LogP contribution in [0.15, 0.2) is 18.2 Å². The molecule has 0 aliphatic carbocycles. The zero-order valence-electron chi connectivity index (χ0n) is 12.0. The van der Waals surface area contributed by atoms with Crippen molar-refractivity contribution in [2.75, 3.05) is 32.3 Å². The van der Waals surface area contributed by atoms with E-state index in [-0.39, 0.29) is 13.0 Å². The molecule has 20 heavy (non-hydrogen) atoms. The highest BCUT2D eigenvalue weighted by Crippen LogP contribution is 2.27. The van der Waals surface area contributed by atoms with E-state index in [1.807, 2.05) is 19.0 Å². The number of nitrogens with zero attached hydrogens (tertiary/aromatic N) is 1. The van der Waals surface area contributed by atoms with Gasteiger partial charge in [-0.15, -0.1) is 0 Å². The van der Waals surface area contributed by atoms with Gasteiger partial charge >= 0.3 is 5.97 Å². The third-order valence-electron chi connectivity index (χ3n) is 2.92. The van der Waals surface area contributed by atoms with E-state index < -0.39 is 18.2 Å². The number of anilines is 1. The molecular formula is C14H21FN2O3. The number of carboxylic acids is 1. The van der Waals surface area contributed by atoms with Gasteiger partial charge in [-0.2, -0.15) is 0 Å². The summed E-state index contributed by atoms with van der Waals surface area (Å²) in [6.45, 7) is 0.859. The van der Waals surface area contributed by atoms with Gasteiger partial charge in [-0.05, 0) is 30.7 Å². The Kier molecular flexibility index (Phi) is 5.33. The number of ether oxygens (including phenoxy) is 1. The molecule has 0 aromatic heterocycles. The first kappa shape index (κ1) is 16.2. The number of aliphatic carboxylic acids is 1. The molecule has 0 radical (unpaired) electrons. The van der Waals surface area contributed by atoms with E-state index in [2.05, 4.69) is 0 Å². The van der Waals surface area contributed by atoms with Crippen LogP contribution >= 0.6 is 0 Å². The maximum absolute atomic E-state index is 12.1. The quantitative estimate of drug-likeness (QED) is 0.792. The van der Waals surface area contributed by atoms with Crippen LogP contribution in [0.1, 0.15) is 12.5 Å². The molecule has 6 heteroatoms. The Hall–Kier alpha value is -1.82. The van der Waals surface area contributed by atoms with Crippen molar-refractivity contribution >= 4 is 11.7 Å². The topological polar surface area (TPSA) is 75.8 Å². The standard InChI is InChI=1S/C14H21FN2O3/c1-14(16,13(18)19)9-10-8-11(20-7-6-15)4-5-12(10)17(2)3/h4-5,8H,6-7,9,16H2,1-3H3,(H,18,19). The fourth-order valence-corrected chi connectivity index (χ4v) is 1.86. The number of benzene rings is 1. The minimum atomic E-state index is -1.37. The summed E-state index contributed by atoms with van der Waals surface area (Å²) in [5.41, 5.74) is 6.03. The number of hydrogen-bond acceptors (Lipinski definition) is 4. The van der Waals surface area contributed by atoms with E-state index in [0.29, 0.717) is 5.75 Å². The Morgan fingerprint density at radius 1 is 1.50 bits per heavy atom. The van der Waals surface area contributed by atoms with E-state index in [0.717, 1.165) is 11.3 Å². The largest absolute Gasteiger partial charge is 0.491 e. The first-order valence-electron chi connectivity index (χ1n) is 6.29. The average molecular weight is 284 g/mol.